The lowest BCUT2D eigenvalue weighted by molar-refractivity contribution is 0.384. The Morgan fingerprint density at radius 1 is 0.889 bits per heavy atom. The summed E-state index contributed by atoms with van der Waals surface area (Å²) < 4.78 is 0. The first-order valence-corrected chi connectivity index (χ1v) is 7.50. The van der Waals surface area contributed by atoms with Crippen LogP contribution in [0.2, 0.25) is 0 Å². The van der Waals surface area contributed by atoms with Gasteiger partial charge in [0.2, 0.25) is 0 Å². The molecule has 2 saturated carbocycles. The fourth-order valence-electron chi connectivity index (χ4n) is 3.41. The van der Waals surface area contributed by atoms with E-state index in [9.17, 15) is 0 Å². The van der Waals surface area contributed by atoms with Crippen LogP contribution in [-0.2, 0) is 0 Å². The molecule has 1 aromatic heterocycles. The van der Waals surface area contributed by atoms with Gasteiger partial charge in [-0.05, 0) is 38.5 Å². The second-order valence-corrected chi connectivity index (χ2v) is 6.03. The lowest BCUT2D eigenvalue weighted by Crippen LogP contribution is -2.26. The Labute approximate surface area is 109 Å². The molecule has 2 aliphatic rings. The van der Waals surface area contributed by atoms with E-state index in [1.807, 2.05) is 0 Å². The number of hydrogen-bond acceptors (Lipinski definition) is 3. The number of nitrogens with one attached hydrogen (secondary N) is 1. The van der Waals surface area contributed by atoms with E-state index in [1.54, 1.807) is 0 Å². The molecule has 100 valence electrons. The van der Waals surface area contributed by atoms with E-state index in [0.717, 1.165) is 24.5 Å². The SMILES string of the molecule is NC1CCC(c2nc(C3CCCCC3)n[nH]2)CC1. The highest BCUT2D eigenvalue weighted by Gasteiger charge is 2.25. The highest BCUT2D eigenvalue weighted by Crippen LogP contribution is 2.33. The van der Waals surface area contributed by atoms with Crippen LogP contribution in [0.15, 0.2) is 0 Å². The molecule has 1 aromatic rings. The molecule has 0 saturated heterocycles. The van der Waals surface area contributed by atoms with E-state index >= 15 is 0 Å². The zero-order valence-corrected chi connectivity index (χ0v) is 11.1. The summed E-state index contributed by atoms with van der Waals surface area (Å²) in [5.41, 5.74) is 5.95. The molecule has 4 nitrogen and oxygen atoms in total. The van der Waals surface area contributed by atoms with E-state index in [1.165, 1.54) is 44.9 Å². The maximum Gasteiger partial charge on any atom is 0.153 e. The Hall–Kier alpha value is -0.900. The maximum atomic E-state index is 5.95. The van der Waals surface area contributed by atoms with Gasteiger partial charge >= 0.3 is 0 Å². The summed E-state index contributed by atoms with van der Waals surface area (Å²) in [6, 6.07) is 0.405. The van der Waals surface area contributed by atoms with Crippen LogP contribution in [0.4, 0.5) is 0 Å². The minimum atomic E-state index is 0.405. The van der Waals surface area contributed by atoms with E-state index in [4.69, 9.17) is 10.7 Å². The van der Waals surface area contributed by atoms with E-state index in [0.29, 0.717) is 17.9 Å². The fraction of sp³-hybridized carbons (Fsp3) is 0.857. The van der Waals surface area contributed by atoms with Gasteiger partial charge < -0.3 is 5.73 Å². The fourth-order valence-corrected chi connectivity index (χ4v) is 3.41. The smallest absolute Gasteiger partial charge is 0.153 e. The number of rotatable bonds is 2. The Balaban J connectivity index is 1.65. The topological polar surface area (TPSA) is 67.6 Å². The van der Waals surface area contributed by atoms with Crippen molar-refractivity contribution in [3.8, 4) is 0 Å². The first kappa shape index (κ1) is 12.2. The standard InChI is InChI=1S/C14H24N4/c15-12-8-6-11(7-9-12)14-16-13(17-18-14)10-4-2-1-3-5-10/h10-12H,1-9,15H2,(H,16,17,18). The number of nitrogens with zero attached hydrogens (tertiary/aromatic N) is 2. The van der Waals surface area contributed by atoms with Crippen LogP contribution in [0.3, 0.4) is 0 Å². The second kappa shape index (κ2) is 5.39. The van der Waals surface area contributed by atoms with Gasteiger partial charge in [0.05, 0.1) is 0 Å². The molecule has 0 atom stereocenters. The molecule has 0 bridgehead atoms. The van der Waals surface area contributed by atoms with Gasteiger partial charge in [-0.15, -0.1) is 0 Å². The Morgan fingerprint density at radius 2 is 1.61 bits per heavy atom. The second-order valence-electron chi connectivity index (χ2n) is 6.03. The van der Waals surface area contributed by atoms with Crippen LogP contribution in [0, 0.1) is 0 Å². The molecule has 0 amide bonds. The van der Waals surface area contributed by atoms with Crippen molar-refractivity contribution in [2.45, 2.75) is 75.7 Å². The molecule has 0 aliphatic heterocycles. The van der Waals surface area contributed by atoms with Crippen LogP contribution >= 0.6 is 0 Å². The van der Waals surface area contributed by atoms with Gasteiger partial charge in [0.15, 0.2) is 5.82 Å². The molecule has 4 heteroatoms. The average Bonchev–Trinajstić information content (AvgIpc) is 2.90. The first-order chi connectivity index (χ1) is 8.83. The Bertz CT molecular complexity index is 373. The van der Waals surface area contributed by atoms with Crippen molar-refractivity contribution >= 4 is 0 Å². The third-order valence-corrected chi connectivity index (χ3v) is 4.65. The molecule has 1 heterocycles. The number of hydrogen-bond donors (Lipinski definition) is 2. The predicted octanol–water partition coefficient (Wildman–Crippen LogP) is 2.84. The summed E-state index contributed by atoms with van der Waals surface area (Å²) in [4.78, 5) is 4.78. The summed E-state index contributed by atoms with van der Waals surface area (Å²) in [6.07, 6.45) is 11.2. The quantitative estimate of drug-likeness (QED) is 0.845. The van der Waals surface area contributed by atoms with Crippen LogP contribution in [0.1, 0.15) is 81.3 Å². The van der Waals surface area contributed by atoms with E-state index < -0.39 is 0 Å². The first-order valence-electron chi connectivity index (χ1n) is 7.50. The van der Waals surface area contributed by atoms with Gasteiger partial charge in [-0.1, -0.05) is 19.3 Å². The minimum absolute atomic E-state index is 0.405. The maximum absolute atomic E-state index is 5.95. The van der Waals surface area contributed by atoms with Crippen molar-refractivity contribution in [1.82, 2.24) is 15.2 Å². The zero-order valence-electron chi connectivity index (χ0n) is 11.1. The molecule has 2 fully saturated rings. The number of aromatic amines is 1. The van der Waals surface area contributed by atoms with Crippen molar-refractivity contribution in [3.05, 3.63) is 11.6 Å². The molecule has 2 aliphatic carbocycles. The molecule has 0 radical (unpaired) electrons. The molecule has 0 spiro atoms. The molecule has 3 N–H and O–H groups in total. The molecule has 0 aromatic carbocycles. The lowest BCUT2D eigenvalue weighted by Gasteiger charge is -2.24. The largest absolute Gasteiger partial charge is 0.328 e. The van der Waals surface area contributed by atoms with Crippen molar-refractivity contribution in [2.24, 2.45) is 5.73 Å². The monoisotopic (exact) mass is 248 g/mol. The highest BCUT2D eigenvalue weighted by atomic mass is 15.2. The Morgan fingerprint density at radius 3 is 2.33 bits per heavy atom. The summed E-state index contributed by atoms with van der Waals surface area (Å²) in [6.45, 7) is 0. The molecular formula is C14H24N4. The van der Waals surface area contributed by atoms with Crippen molar-refractivity contribution in [1.29, 1.82) is 0 Å². The highest BCUT2D eigenvalue weighted by molar-refractivity contribution is 5.04. The third kappa shape index (κ3) is 2.58. The minimum Gasteiger partial charge on any atom is -0.328 e. The zero-order chi connectivity index (χ0) is 12.4. The van der Waals surface area contributed by atoms with Crippen LogP contribution in [0.25, 0.3) is 0 Å². The van der Waals surface area contributed by atoms with Gasteiger partial charge in [-0.3, -0.25) is 5.10 Å². The summed E-state index contributed by atoms with van der Waals surface area (Å²) in [7, 11) is 0. The number of aromatic nitrogens is 3. The van der Waals surface area contributed by atoms with Gasteiger partial charge in [0.25, 0.3) is 0 Å². The third-order valence-electron chi connectivity index (χ3n) is 4.65. The van der Waals surface area contributed by atoms with Gasteiger partial charge in [-0.2, -0.15) is 5.10 Å². The van der Waals surface area contributed by atoms with E-state index in [-0.39, 0.29) is 0 Å². The number of nitrogens with two attached hydrogens (primary N) is 1. The summed E-state index contributed by atoms with van der Waals surface area (Å²) >= 11 is 0. The molecule has 3 rings (SSSR count). The van der Waals surface area contributed by atoms with Crippen molar-refractivity contribution in [2.75, 3.05) is 0 Å². The molecule has 18 heavy (non-hydrogen) atoms. The summed E-state index contributed by atoms with van der Waals surface area (Å²) in [5, 5.41) is 7.65. The predicted molar refractivity (Wildman–Crippen MR) is 71.4 cm³/mol. The van der Waals surface area contributed by atoms with Crippen LogP contribution in [-0.4, -0.2) is 21.2 Å². The summed E-state index contributed by atoms with van der Waals surface area (Å²) in [5.74, 6) is 3.35. The average molecular weight is 248 g/mol. The van der Waals surface area contributed by atoms with Crippen molar-refractivity contribution < 1.29 is 0 Å². The lowest BCUT2D eigenvalue weighted by atomic mass is 9.86. The van der Waals surface area contributed by atoms with Crippen LogP contribution in [0.5, 0.6) is 0 Å². The van der Waals surface area contributed by atoms with E-state index in [2.05, 4.69) is 10.2 Å². The van der Waals surface area contributed by atoms with Gasteiger partial charge in [-0.25, -0.2) is 4.98 Å². The molecular weight excluding hydrogens is 224 g/mol. The Kier molecular flexibility index (Phi) is 3.64. The molecule has 0 unspecified atom stereocenters. The van der Waals surface area contributed by atoms with Gasteiger partial charge in [0.1, 0.15) is 5.82 Å². The van der Waals surface area contributed by atoms with Crippen LogP contribution < -0.4 is 5.73 Å². The normalized spacial score (nSPS) is 30.5. The van der Waals surface area contributed by atoms with Gasteiger partial charge in [0, 0.05) is 17.9 Å². The van der Waals surface area contributed by atoms with Crippen molar-refractivity contribution in [3.63, 3.8) is 0 Å². The number of H-pyrrole nitrogens is 1.